The number of carbonyl (C=O) groups excluding carboxylic acids is 1. The first kappa shape index (κ1) is 12.5. The van der Waals surface area contributed by atoms with Crippen LogP contribution in [0.4, 0.5) is 5.69 Å². The normalized spacial score (nSPS) is 10.8. The Balaban J connectivity index is 2.69. The minimum Gasteiger partial charge on any atom is -0.396 e. The molecule has 0 fully saturated rings. The topological polar surface area (TPSA) is 104 Å². The van der Waals surface area contributed by atoms with E-state index in [0.717, 1.165) is 5.69 Å². The van der Waals surface area contributed by atoms with Gasteiger partial charge in [-0.05, 0) is 12.3 Å². The number of carbonyl (C=O) groups is 1. The highest BCUT2D eigenvalue weighted by Gasteiger charge is 2.18. The SMILES string of the molecule is CC(C)c1[nH]nc(C(=O)NCCCO)c1N. The van der Waals surface area contributed by atoms with Gasteiger partial charge in [0.25, 0.3) is 5.91 Å². The Labute approximate surface area is 94.2 Å². The molecule has 0 atom stereocenters. The van der Waals surface area contributed by atoms with E-state index >= 15 is 0 Å². The molecule has 90 valence electrons. The van der Waals surface area contributed by atoms with E-state index in [9.17, 15) is 4.79 Å². The number of nitrogens with zero attached hydrogens (tertiary/aromatic N) is 1. The molecule has 0 radical (unpaired) electrons. The van der Waals surface area contributed by atoms with Gasteiger partial charge in [0, 0.05) is 13.2 Å². The minimum atomic E-state index is -0.311. The van der Waals surface area contributed by atoms with Gasteiger partial charge in [-0.15, -0.1) is 0 Å². The second-order valence-electron chi connectivity index (χ2n) is 3.89. The molecule has 0 aliphatic heterocycles. The third-order valence-corrected chi connectivity index (χ3v) is 2.25. The number of nitrogens with one attached hydrogen (secondary N) is 2. The second kappa shape index (κ2) is 5.50. The highest BCUT2D eigenvalue weighted by Crippen LogP contribution is 2.21. The number of aromatic amines is 1. The molecule has 6 nitrogen and oxygen atoms in total. The van der Waals surface area contributed by atoms with Crippen LogP contribution in [0.25, 0.3) is 0 Å². The van der Waals surface area contributed by atoms with Crippen molar-refractivity contribution in [2.45, 2.75) is 26.2 Å². The molecule has 1 aromatic heterocycles. The molecule has 1 heterocycles. The van der Waals surface area contributed by atoms with Crippen molar-refractivity contribution in [1.29, 1.82) is 0 Å². The van der Waals surface area contributed by atoms with Gasteiger partial charge in [-0.2, -0.15) is 5.10 Å². The molecule has 0 spiro atoms. The molecule has 1 aromatic rings. The maximum absolute atomic E-state index is 11.6. The number of H-pyrrole nitrogens is 1. The summed E-state index contributed by atoms with van der Waals surface area (Å²) in [5.74, 6) is -0.111. The summed E-state index contributed by atoms with van der Waals surface area (Å²) >= 11 is 0. The van der Waals surface area contributed by atoms with Crippen LogP contribution in [0.15, 0.2) is 0 Å². The number of anilines is 1. The first-order valence-corrected chi connectivity index (χ1v) is 5.30. The number of hydrogen-bond acceptors (Lipinski definition) is 4. The van der Waals surface area contributed by atoms with Crippen LogP contribution in [0.2, 0.25) is 0 Å². The van der Waals surface area contributed by atoms with Crippen LogP contribution in [-0.4, -0.2) is 34.4 Å². The number of nitrogens with two attached hydrogens (primary N) is 1. The quantitative estimate of drug-likeness (QED) is 0.539. The van der Waals surface area contributed by atoms with Crippen LogP contribution >= 0.6 is 0 Å². The summed E-state index contributed by atoms with van der Waals surface area (Å²) in [5, 5.41) is 17.9. The van der Waals surface area contributed by atoms with Gasteiger partial charge < -0.3 is 16.2 Å². The highest BCUT2D eigenvalue weighted by atomic mass is 16.3. The van der Waals surface area contributed by atoms with E-state index < -0.39 is 0 Å². The molecule has 6 heteroatoms. The third-order valence-electron chi connectivity index (χ3n) is 2.25. The molecule has 0 bridgehead atoms. The van der Waals surface area contributed by atoms with E-state index in [1.165, 1.54) is 0 Å². The zero-order valence-corrected chi connectivity index (χ0v) is 9.58. The maximum Gasteiger partial charge on any atom is 0.273 e. The predicted molar refractivity (Wildman–Crippen MR) is 61.1 cm³/mol. The fraction of sp³-hybridized carbons (Fsp3) is 0.600. The molecule has 1 rings (SSSR count). The molecule has 0 unspecified atom stereocenters. The first-order valence-electron chi connectivity index (χ1n) is 5.30. The number of aliphatic hydroxyl groups is 1. The van der Waals surface area contributed by atoms with Crippen molar-refractivity contribution in [3.63, 3.8) is 0 Å². The third kappa shape index (κ3) is 2.73. The monoisotopic (exact) mass is 226 g/mol. The number of aromatic nitrogens is 2. The molecule has 0 aliphatic carbocycles. The van der Waals surface area contributed by atoms with E-state index in [-0.39, 0.29) is 24.1 Å². The van der Waals surface area contributed by atoms with Gasteiger partial charge in [0.15, 0.2) is 5.69 Å². The zero-order valence-electron chi connectivity index (χ0n) is 9.58. The Morgan fingerprint density at radius 3 is 2.81 bits per heavy atom. The highest BCUT2D eigenvalue weighted by molar-refractivity contribution is 5.97. The van der Waals surface area contributed by atoms with Gasteiger partial charge in [-0.3, -0.25) is 9.89 Å². The summed E-state index contributed by atoms with van der Waals surface area (Å²) in [6, 6.07) is 0. The molecular weight excluding hydrogens is 208 g/mol. The van der Waals surface area contributed by atoms with Crippen LogP contribution < -0.4 is 11.1 Å². The summed E-state index contributed by atoms with van der Waals surface area (Å²) < 4.78 is 0. The maximum atomic E-state index is 11.6. The van der Waals surface area contributed by atoms with Crippen LogP contribution in [0.5, 0.6) is 0 Å². The summed E-state index contributed by atoms with van der Waals surface area (Å²) in [7, 11) is 0. The van der Waals surface area contributed by atoms with E-state index in [1.54, 1.807) is 0 Å². The number of hydrogen-bond donors (Lipinski definition) is 4. The Morgan fingerprint density at radius 1 is 1.62 bits per heavy atom. The molecule has 5 N–H and O–H groups in total. The number of rotatable bonds is 5. The molecule has 0 aliphatic rings. The van der Waals surface area contributed by atoms with E-state index in [1.807, 2.05) is 13.8 Å². The van der Waals surface area contributed by atoms with Crippen molar-refractivity contribution < 1.29 is 9.90 Å². The molecular formula is C10H18N4O2. The number of aliphatic hydroxyl groups excluding tert-OH is 1. The van der Waals surface area contributed by atoms with Gasteiger partial charge in [0.2, 0.25) is 0 Å². The summed E-state index contributed by atoms with van der Waals surface area (Å²) in [4.78, 5) is 11.6. The summed E-state index contributed by atoms with van der Waals surface area (Å²) in [6.07, 6.45) is 0.521. The number of nitrogen functional groups attached to an aromatic ring is 1. The lowest BCUT2D eigenvalue weighted by molar-refractivity contribution is 0.0947. The van der Waals surface area contributed by atoms with Crippen molar-refractivity contribution in [2.75, 3.05) is 18.9 Å². The van der Waals surface area contributed by atoms with Crippen LogP contribution in [0.3, 0.4) is 0 Å². The minimum absolute atomic E-state index is 0.0492. The average Bonchev–Trinajstić information content (AvgIpc) is 2.60. The van der Waals surface area contributed by atoms with Crippen molar-refractivity contribution in [2.24, 2.45) is 0 Å². The Morgan fingerprint density at radius 2 is 2.31 bits per heavy atom. The smallest absolute Gasteiger partial charge is 0.273 e. The van der Waals surface area contributed by atoms with Gasteiger partial charge in [0.05, 0.1) is 11.4 Å². The van der Waals surface area contributed by atoms with Crippen LogP contribution in [-0.2, 0) is 0 Å². The van der Waals surface area contributed by atoms with Gasteiger partial charge >= 0.3 is 0 Å². The van der Waals surface area contributed by atoms with E-state index in [4.69, 9.17) is 10.8 Å². The standard InChI is InChI=1S/C10H18N4O2/c1-6(2)8-7(11)9(14-13-8)10(16)12-4-3-5-15/h6,15H,3-5,11H2,1-2H3,(H,12,16)(H,13,14). The Bertz CT molecular complexity index is 360. The van der Waals surface area contributed by atoms with E-state index in [2.05, 4.69) is 15.5 Å². The van der Waals surface area contributed by atoms with Gasteiger partial charge in [-0.1, -0.05) is 13.8 Å². The van der Waals surface area contributed by atoms with E-state index in [0.29, 0.717) is 18.7 Å². The van der Waals surface area contributed by atoms with Crippen molar-refractivity contribution in [1.82, 2.24) is 15.5 Å². The Kier molecular flexibility index (Phi) is 4.30. The lowest BCUT2D eigenvalue weighted by Gasteiger charge is -2.04. The zero-order chi connectivity index (χ0) is 12.1. The molecule has 0 saturated heterocycles. The Hall–Kier alpha value is -1.56. The van der Waals surface area contributed by atoms with Crippen molar-refractivity contribution in [3.8, 4) is 0 Å². The molecule has 16 heavy (non-hydrogen) atoms. The summed E-state index contributed by atoms with van der Waals surface area (Å²) in [6.45, 7) is 4.40. The fourth-order valence-electron chi connectivity index (χ4n) is 1.34. The average molecular weight is 226 g/mol. The molecule has 0 aromatic carbocycles. The van der Waals surface area contributed by atoms with Crippen LogP contribution in [0.1, 0.15) is 42.4 Å². The van der Waals surface area contributed by atoms with Crippen molar-refractivity contribution in [3.05, 3.63) is 11.4 Å². The summed E-state index contributed by atoms with van der Waals surface area (Å²) in [5.41, 5.74) is 7.20. The predicted octanol–water partition coefficient (Wildman–Crippen LogP) is 0.228. The van der Waals surface area contributed by atoms with Crippen LogP contribution in [0, 0.1) is 0 Å². The fourth-order valence-corrected chi connectivity index (χ4v) is 1.34. The number of amides is 1. The largest absolute Gasteiger partial charge is 0.396 e. The molecule has 1 amide bonds. The van der Waals surface area contributed by atoms with Crippen molar-refractivity contribution >= 4 is 11.6 Å². The second-order valence-corrected chi connectivity index (χ2v) is 3.89. The van der Waals surface area contributed by atoms with Gasteiger partial charge in [0.1, 0.15) is 0 Å². The first-order chi connectivity index (χ1) is 7.57. The molecule has 0 saturated carbocycles. The van der Waals surface area contributed by atoms with Gasteiger partial charge in [-0.25, -0.2) is 0 Å². The lowest BCUT2D eigenvalue weighted by atomic mass is 10.1. The lowest BCUT2D eigenvalue weighted by Crippen LogP contribution is -2.26.